The van der Waals surface area contributed by atoms with Crippen LogP contribution in [0.4, 0.5) is 5.82 Å². The van der Waals surface area contributed by atoms with Gasteiger partial charge in [0.25, 0.3) is 0 Å². The van der Waals surface area contributed by atoms with Gasteiger partial charge in [-0.15, -0.1) is 0 Å². The molecule has 24 heavy (non-hydrogen) atoms. The molecule has 0 aliphatic rings. The van der Waals surface area contributed by atoms with Crippen LogP contribution in [0.25, 0.3) is 0 Å². The Morgan fingerprint density at radius 1 is 1.04 bits per heavy atom. The lowest BCUT2D eigenvalue weighted by Gasteiger charge is -2.09. The summed E-state index contributed by atoms with van der Waals surface area (Å²) in [5.74, 6) is 0.653. The zero-order valence-electron chi connectivity index (χ0n) is 13.4. The van der Waals surface area contributed by atoms with Gasteiger partial charge in [-0.05, 0) is 30.2 Å². The van der Waals surface area contributed by atoms with Crippen LogP contribution in [0.2, 0.25) is 0 Å². The molecule has 4 nitrogen and oxygen atoms in total. The van der Waals surface area contributed by atoms with Gasteiger partial charge in [0.15, 0.2) is 0 Å². The summed E-state index contributed by atoms with van der Waals surface area (Å²) in [4.78, 5) is 12.3. The Balaban J connectivity index is 1.65. The first-order valence-electron chi connectivity index (χ1n) is 7.72. The van der Waals surface area contributed by atoms with Gasteiger partial charge in [0, 0.05) is 10.5 Å². The summed E-state index contributed by atoms with van der Waals surface area (Å²) >= 11 is 3.39. The fraction of sp³-hybridized carbons (Fsp3) is 0.158. The summed E-state index contributed by atoms with van der Waals surface area (Å²) in [6.45, 7) is 2.69. The Bertz CT molecular complexity index is 823. The molecule has 122 valence electrons. The molecule has 0 radical (unpaired) electrons. The number of hydrogen-bond acceptors (Lipinski definition) is 2. The number of hydrogen-bond donors (Lipinski definition) is 1. The van der Waals surface area contributed by atoms with Gasteiger partial charge in [0.1, 0.15) is 5.82 Å². The zero-order valence-corrected chi connectivity index (χ0v) is 15.0. The van der Waals surface area contributed by atoms with Crippen molar-refractivity contribution in [3.05, 3.63) is 82.0 Å². The van der Waals surface area contributed by atoms with E-state index in [0.29, 0.717) is 18.8 Å². The van der Waals surface area contributed by atoms with Crippen LogP contribution in [0.1, 0.15) is 16.7 Å². The van der Waals surface area contributed by atoms with E-state index >= 15 is 0 Å². The smallest absolute Gasteiger partial charge is 0.229 e. The highest BCUT2D eigenvalue weighted by atomic mass is 79.9. The van der Waals surface area contributed by atoms with Crippen molar-refractivity contribution in [3.63, 3.8) is 0 Å². The topological polar surface area (TPSA) is 46.9 Å². The van der Waals surface area contributed by atoms with E-state index in [1.807, 2.05) is 30.3 Å². The third-order valence-electron chi connectivity index (χ3n) is 3.71. The number of nitrogens with zero attached hydrogens (tertiary/aromatic N) is 2. The fourth-order valence-electron chi connectivity index (χ4n) is 2.41. The molecule has 0 fully saturated rings. The van der Waals surface area contributed by atoms with E-state index in [1.54, 1.807) is 10.9 Å². The van der Waals surface area contributed by atoms with E-state index in [0.717, 1.165) is 15.6 Å². The minimum Gasteiger partial charge on any atom is -0.311 e. The van der Waals surface area contributed by atoms with Gasteiger partial charge in [-0.25, -0.2) is 4.68 Å². The SMILES string of the molecule is Cc1ccc(Cn2nccc2NC(=O)Cc2ccc(Br)cc2)cc1. The van der Waals surface area contributed by atoms with Gasteiger partial charge < -0.3 is 5.32 Å². The summed E-state index contributed by atoms with van der Waals surface area (Å²) in [7, 11) is 0. The predicted molar refractivity (Wildman–Crippen MR) is 99.0 cm³/mol. The van der Waals surface area contributed by atoms with Crippen LogP contribution in [-0.2, 0) is 17.8 Å². The Morgan fingerprint density at radius 3 is 2.42 bits per heavy atom. The minimum atomic E-state index is -0.0528. The monoisotopic (exact) mass is 383 g/mol. The quantitative estimate of drug-likeness (QED) is 0.717. The number of rotatable bonds is 5. The van der Waals surface area contributed by atoms with E-state index in [-0.39, 0.29) is 5.91 Å². The van der Waals surface area contributed by atoms with E-state index in [1.165, 1.54) is 5.56 Å². The van der Waals surface area contributed by atoms with Crippen molar-refractivity contribution in [1.29, 1.82) is 0 Å². The highest BCUT2D eigenvalue weighted by molar-refractivity contribution is 9.10. The van der Waals surface area contributed by atoms with Gasteiger partial charge in [-0.3, -0.25) is 4.79 Å². The second kappa shape index (κ2) is 7.45. The summed E-state index contributed by atoms with van der Waals surface area (Å²) < 4.78 is 2.80. The average molecular weight is 384 g/mol. The number of anilines is 1. The third-order valence-corrected chi connectivity index (χ3v) is 4.24. The standard InChI is InChI=1S/C19H18BrN3O/c1-14-2-4-16(5-3-14)13-23-18(10-11-21-23)22-19(24)12-15-6-8-17(20)9-7-15/h2-11H,12-13H2,1H3,(H,22,24). The minimum absolute atomic E-state index is 0.0528. The molecule has 1 heterocycles. The average Bonchev–Trinajstić information content (AvgIpc) is 2.98. The Hall–Kier alpha value is -2.40. The summed E-state index contributed by atoms with van der Waals surface area (Å²) in [6, 6.07) is 17.9. The summed E-state index contributed by atoms with van der Waals surface area (Å²) in [5, 5.41) is 7.24. The molecule has 0 aliphatic heterocycles. The number of benzene rings is 2. The molecule has 0 bridgehead atoms. The molecule has 0 saturated heterocycles. The molecule has 0 spiro atoms. The number of amides is 1. The summed E-state index contributed by atoms with van der Waals surface area (Å²) in [6.07, 6.45) is 2.03. The number of carbonyl (C=O) groups is 1. The van der Waals surface area contributed by atoms with E-state index in [9.17, 15) is 4.79 Å². The molecule has 3 aromatic rings. The van der Waals surface area contributed by atoms with Crippen molar-refractivity contribution >= 4 is 27.7 Å². The molecule has 5 heteroatoms. The largest absolute Gasteiger partial charge is 0.311 e. The van der Waals surface area contributed by atoms with Crippen LogP contribution < -0.4 is 5.32 Å². The second-order valence-corrected chi connectivity index (χ2v) is 6.63. The van der Waals surface area contributed by atoms with Crippen LogP contribution in [0.5, 0.6) is 0 Å². The van der Waals surface area contributed by atoms with Crippen molar-refractivity contribution in [2.45, 2.75) is 19.9 Å². The first kappa shape index (κ1) is 16.5. The fourth-order valence-corrected chi connectivity index (χ4v) is 2.67. The third kappa shape index (κ3) is 4.32. The van der Waals surface area contributed by atoms with Crippen LogP contribution in [0.3, 0.4) is 0 Å². The number of aromatic nitrogens is 2. The first-order valence-corrected chi connectivity index (χ1v) is 8.51. The molecule has 0 aliphatic carbocycles. The molecular weight excluding hydrogens is 366 g/mol. The zero-order chi connectivity index (χ0) is 16.9. The van der Waals surface area contributed by atoms with E-state index < -0.39 is 0 Å². The second-order valence-electron chi connectivity index (χ2n) is 5.71. The maximum atomic E-state index is 12.3. The molecule has 2 aromatic carbocycles. The Morgan fingerprint density at radius 2 is 1.71 bits per heavy atom. The lowest BCUT2D eigenvalue weighted by Crippen LogP contribution is -2.18. The van der Waals surface area contributed by atoms with Crippen molar-refractivity contribution in [3.8, 4) is 0 Å². The van der Waals surface area contributed by atoms with Crippen LogP contribution >= 0.6 is 15.9 Å². The molecule has 1 amide bonds. The van der Waals surface area contributed by atoms with Crippen molar-refractivity contribution in [2.75, 3.05) is 5.32 Å². The highest BCUT2D eigenvalue weighted by Crippen LogP contribution is 2.13. The highest BCUT2D eigenvalue weighted by Gasteiger charge is 2.09. The normalized spacial score (nSPS) is 10.6. The van der Waals surface area contributed by atoms with Gasteiger partial charge in [0.2, 0.25) is 5.91 Å². The van der Waals surface area contributed by atoms with Gasteiger partial charge in [-0.1, -0.05) is 57.9 Å². The lowest BCUT2D eigenvalue weighted by atomic mass is 10.1. The molecule has 0 saturated carbocycles. The first-order chi connectivity index (χ1) is 11.6. The maximum absolute atomic E-state index is 12.3. The number of nitrogens with one attached hydrogen (secondary N) is 1. The molecule has 3 rings (SSSR count). The van der Waals surface area contributed by atoms with E-state index in [2.05, 4.69) is 57.5 Å². The molecule has 1 aromatic heterocycles. The molecule has 0 unspecified atom stereocenters. The predicted octanol–water partition coefficient (Wildman–Crippen LogP) is 4.18. The van der Waals surface area contributed by atoms with Crippen molar-refractivity contribution in [1.82, 2.24) is 9.78 Å². The van der Waals surface area contributed by atoms with Crippen LogP contribution in [0.15, 0.2) is 65.3 Å². The number of aryl methyl sites for hydroxylation is 1. The van der Waals surface area contributed by atoms with Gasteiger partial charge in [0.05, 0.1) is 19.2 Å². The molecule has 1 N–H and O–H groups in total. The maximum Gasteiger partial charge on any atom is 0.229 e. The van der Waals surface area contributed by atoms with Gasteiger partial charge in [-0.2, -0.15) is 5.10 Å². The Labute approximate surface area is 149 Å². The summed E-state index contributed by atoms with van der Waals surface area (Å²) in [5.41, 5.74) is 3.34. The molecular formula is C19H18BrN3O. The lowest BCUT2D eigenvalue weighted by molar-refractivity contribution is -0.115. The molecule has 0 atom stereocenters. The number of halogens is 1. The Kier molecular flexibility index (Phi) is 5.11. The van der Waals surface area contributed by atoms with Gasteiger partial charge >= 0.3 is 0 Å². The van der Waals surface area contributed by atoms with Crippen LogP contribution in [-0.4, -0.2) is 15.7 Å². The number of carbonyl (C=O) groups excluding carboxylic acids is 1. The van der Waals surface area contributed by atoms with Crippen molar-refractivity contribution in [2.24, 2.45) is 0 Å². The van der Waals surface area contributed by atoms with Crippen LogP contribution in [0, 0.1) is 6.92 Å². The van der Waals surface area contributed by atoms with E-state index in [4.69, 9.17) is 0 Å². The van der Waals surface area contributed by atoms with Crippen molar-refractivity contribution < 1.29 is 4.79 Å².